The minimum Gasteiger partial charge on any atom is -0.325 e. The van der Waals surface area contributed by atoms with Gasteiger partial charge in [-0.15, -0.1) is 0 Å². The van der Waals surface area contributed by atoms with Crippen LogP contribution in [-0.4, -0.2) is 23.0 Å². The van der Waals surface area contributed by atoms with Crippen molar-refractivity contribution in [3.63, 3.8) is 0 Å². The molecule has 136 valence electrons. The molecule has 0 unspecified atom stereocenters. The smallest absolute Gasteiger partial charge is 0.238 e. The molecule has 0 radical (unpaired) electrons. The topological polar surface area (TPSA) is 90.9 Å². The number of sulfonamides is 1. The Morgan fingerprint density at radius 1 is 1.00 bits per heavy atom. The van der Waals surface area contributed by atoms with Crippen molar-refractivity contribution in [3.8, 4) is 11.1 Å². The van der Waals surface area contributed by atoms with Gasteiger partial charge in [0.2, 0.25) is 10.0 Å². The molecule has 0 aliphatic carbocycles. The molecule has 0 saturated heterocycles. The Labute approximate surface area is 157 Å². The Morgan fingerprint density at radius 3 is 2.37 bits per heavy atom. The Kier molecular flexibility index (Phi) is 4.25. The number of nitrogens with zero attached hydrogens (tertiary/aromatic N) is 3. The second kappa shape index (κ2) is 6.61. The number of pyridine rings is 1. The Morgan fingerprint density at radius 2 is 1.70 bits per heavy atom. The molecule has 0 atom stereocenters. The molecule has 0 aliphatic heterocycles. The van der Waals surface area contributed by atoms with Crippen LogP contribution < -0.4 is 5.14 Å². The van der Waals surface area contributed by atoms with E-state index in [4.69, 9.17) is 5.14 Å². The summed E-state index contributed by atoms with van der Waals surface area (Å²) in [7, 11) is -3.69. The van der Waals surface area contributed by atoms with E-state index in [1.807, 2.05) is 43.5 Å². The lowest BCUT2D eigenvalue weighted by molar-refractivity contribution is 0.597. The summed E-state index contributed by atoms with van der Waals surface area (Å²) in [5.41, 5.74) is 5.76. The van der Waals surface area contributed by atoms with Gasteiger partial charge in [0.05, 0.1) is 22.4 Å². The van der Waals surface area contributed by atoms with E-state index in [1.54, 1.807) is 18.5 Å². The zero-order chi connectivity index (χ0) is 19.0. The summed E-state index contributed by atoms with van der Waals surface area (Å²) >= 11 is 0. The van der Waals surface area contributed by atoms with E-state index in [0.29, 0.717) is 6.54 Å². The number of fused-ring (bicyclic) bond motifs is 1. The predicted octanol–water partition coefficient (Wildman–Crippen LogP) is 3.10. The first-order chi connectivity index (χ1) is 12.9. The summed E-state index contributed by atoms with van der Waals surface area (Å²) in [5, 5.41) is 5.17. The maximum Gasteiger partial charge on any atom is 0.238 e. The van der Waals surface area contributed by atoms with E-state index >= 15 is 0 Å². The van der Waals surface area contributed by atoms with Gasteiger partial charge in [-0.25, -0.2) is 18.5 Å². The number of imidazole rings is 1. The van der Waals surface area contributed by atoms with Crippen molar-refractivity contribution >= 4 is 21.1 Å². The van der Waals surface area contributed by atoms with Crippen LogP contribution in [0.25, 0.3) is 22.2 Å². The third-order valence-corrected chi connectivity index (χ3v) is 5.44. The van der Waals surface area contributed by atoms with Crippen molar-refractivity contribution in [1.82, 2.24) is 14.5 Å². The van der Waals surface area contributed by atoms with Crippen LogP contribution in [-0.2, 0) is 16.6 Å². The van der Waals surface area contributed by atoms with Gasteiger partial charge in [-0.3, -0.25) is 4.98 Å². The van der Waals surface area contributed by atoms with Gasteiger partial charge in [0.25, 0.3) is 0 Å². The third-order valence-electron chi connectivity index (χ3n) is 4.51. The number of hydrogen-bond acceptors (Lipinski definition) is 4. The molecule has 0 amide bonds. The number of rotatable bonds is 4. The summed E-state index contributed by atoms with van der Waals surface area (Å²) in [6, 6.07) is 16.6. The van der Waals surface area contributed by atoms with Crippen molar-refractivity contribution in [2.24, 2.45) is 5.14 Å². The number of aryl methyl sites for hydroxylation is 1. The van der Waals surface area contributed by atoms with Crippen molar-refractivity contribution in [3.05, 3.63) is 78.4 Å². The summed E-state index contributed by atoms with van der Waals surface area (Å²) in [6.45, 7) is 2.50. The van der Waals surface area contributed by atoms with Gasteiger partial charge < -0.3 is 4.57 Å². The summed E-state index contributed by atoms with van der Waals surface area (Å²) in [5.74, 6) is 0. The van der Waals surface area contributed by atoms with E-state index in [-0.39, 0.29) is 4.90 Å². The van der Waals surface area contributed by atoms with E-state index < -0.39 is 10.0 Å². The van der Waals surface area contributed by atoms with E-state index in [0.717, 1.165) is 33.4 Å². The van der Waals surface area contributed by atoms with Crippen molar-refractivity contribution in [2.45, 2.75) is 18.4 Å². The SMILES string of the molecule is Cc1ncc(-c2ccccc2)c2c1ncn2Cc1ccc(S(N)(=O)=O)cc1. The standard InChI is InChI=1S/C20H18N4O2S/c1-14-19-20(18(11-22-14)16-5-3-2-4-6-16)24(13-23-19)12-15-7-9-17(10-8-15)27(21,25)26/h2-11,13H,12H2,1H3,(H2,21,25,26). The lowest BCUT2D eigenvalue weighted by Crippen LogP contribution is -2.12. The second-order valence-electron chi connectivity index (χ2n) is 6.38. The molecule has 27 heavy (non-hydrogen) atoms. The molecule has 0 saturated carbocycles. The van der Waals surface area contributed by atoms with E-state index in [1.165, 1.54) is 12.1 Å². The zero-order valence-electron chi connectivity index (χ0n) is 14.7. The van der Waals surface area contributed by atoms with Gasteiger partial charge in [-0.05, 0) is 30.2 Å². The second-order valence-corrected chi connectivity index (χ2v) is 7.94. The molecule has 0 spiro atoms. The fraction of sp³-hybridized carbons (Fsp3) is 0.100. The van der Waals surface area contributed by atoms with Gasteiger partial charge in [0, 0.05) is 18.3 Å². The number of nitrogens with two attached hydrogens (primary N) is 1. The van der Waals surface area contributed by atoms with E-state index in [9.17, 15) is 8.42 Å². The summed E-state index contributed by atoms with van der Waals surface area (Å²) in [4.78, 5) is 9.13. The molecule has 2 aromatic carbocycles. The Bertz CT molecular complexity index is 1210. The molecule has 0 fully saturated rings. The average molecular weight is 378 g/mol. The third kappa shape index (κ3) is 3.34. The predicted molar refractivity (Wildman–Crippen MR) is 105 cm³/mol. The van der Waals surface area contributed by atoms with Crippen LogP contribution in [0.3, 0.4) is 0 Å². The highest BCUT2D eigenvalue weighted by atomic mass is 32.2. The maximum atomic E-state index is 11.4. The largest absolute Gasteiger partial charge is 0.325 e. The Balaban J connectivity index is 1.80. The highest BCUT2D eigenvalue weighted by molar-refractivity contribution is 7.89. The molecular weight excluding hydrogens is 360 g/mol. The minimum atomic E-state index is -3.69. The van der Waals surface area contributed by atoms with Gasteiger partial charge in [-0.2, -0.15) is 0 Å². The molecule has 0 bridgehead atoms. The number of primary sulfonamides is 1. The lowest BCUT2D eigenvalue weighted by Gasteiger charge is -2.10. The molecule has 7 heteroatoms. The fourth-order valence-corrected chi connectivity index (χ4v) is 3.66. The van der Waals surface area contributed by atoms with Gasteiger partial charge >= 0.3 is 0 Å². The monoisotopic (exact) mass is 378 g/mol. The maximum absolute atomic E-state index is 11.4. The number of benzene rings is 2. The Hall–Kier alpha value is -3.03. The molecule has 2 aromatic heterocycles. The molecule has 2 heterocycles. The van der Waals surface area contributed by atoms with E-state index in [2.05, 4.69) is 14.5 Å². The number of hydrogen-bond donors (Lipinski definition) is 1. The summed E-state index contributed by atoms with van der Waals surface area (Å²) < 4.78 is 24.9. The van der Waals surface area contributed by atoms with Crippen LogP contribution >= 0.6 is 0 Å². The molecule has 0 aliphatic rings. The quantitative estimate of drug-likeness (QED) is 0.591. The van der Waals surface area contributed by atoms with Crippen LogP contribution in [0.1, 0.15) is 11.3 Å². The zero-order valence-corrected chi connectivity index (χ0v) is 15.5. The lowest BCUT2D eigenvalue weighted by atomic mass is 10.1. The highest BCUT2D eigenvalue weighted by Gasteiger charge is 2.14. The molecule has 6 nitrogen and oxygen atoms in total. The van der Waals surface area contributed by atoms with Crippen LogP contribution in [0, 0.1) is 6.92 Å². The molecule has 4 aromatic rings. The van der Waals surface area contributed by atoms with Crippen molar-refractivity contribution < 1.29 is 8.42 Å². The molecule has 4 rings (SSSR count). The first kappa shape index (κ1) is 17.4. The first-order valence-electron chi connectivity index (χ1n) is 8.41. The molecule has 2 N–H and O–H groups in total. The first-order valence-corrected chi connectivity index (χ1v) is 9.96. The van der Waals surface area contributed by atoms with Crippen LogP contribution in [0.5, 0.6) is 0 Å². The molecular formula is C20H18N4O2S. The fourth-order valence-electron chi connectivity index (χ4n) is 3.14. The van der Waals surface area contributed by atoms with Gasteiger partial charge in [0.1, 0.15) is 5.52 Å². The minimum absolute atomic E-state index is 0.103. The van der Waals surface area contributed by atoms with Crippen LogP contribution in [0.2, 0.25) is 0 Å². The van der Waals surface area contributed by atoms with Gasteiger partial charge in [-0.1, -0.05) is 42.5 Å². The van der Waals surface area contributed by atoms with Crippen LogP contribution in [0.4, 0.5) is 0 Å². The normalized spacial score (nSPS) is 11.8. The number of aromatic nitrogens is 3. The summed E-state index contributed by atoms with van der Waals surface area (Å²) in [6.07, 6.45) is 3.66. The highest BCUT2D eigenvalue weighted by Crippen LogP contribution is 2.29. The van der Waals surface area contributed by atoms with Gasteiger partial charge in [0.15, 0.2) is 0 Å². The van der Waals surface area contributed by atoms with Crippen LogP contribution in [0.15, 0.2) is 72.0 Å². The average Bonchev–Trinajstić information content (AvgIpc) is 3.07. The van der Waals surface area contributed by atoms with Crippen molar-refractivity contribution in [1.29, 1.82) is 0 Å². The van der Waals surface area contributed by atoms with Crippen molar-refractivity contribution in [2.75, 3.05) is 0 Å².